The van der Waals surface area contributed by atoms with Crippen molar-refractivity contribution in [3.8, 4) is 5.69 Å². The molecule has 10 nitrogen and oxygen atoms in total. The summed E-state index contributed by atoms with van der Waals surface area (Å²) in [4.78, 5) is 49.0. The fraction of sp³-hybridized carbons (Fsp3) is 0.160. The lowest BCUT2D eigenvalue weighted by molar-refractivity contribution is -0.384. The van der Waals surface area contributed by atoms with E-state index >= 15 is 0 Å². The van der Waals surface area contributed by atoms with E-state index in [1.165, 1.54) is 12.1 Å². The highest BCUT2D eigenvalue weighted by molar-refractivity contribution is 6.16. The predicted molar refractivity (Wildman–Crippen MR) is 130 cm³/mol. The number of rotatable bonds is 6. The standard InChI is InChI=1S/C25H23N5O5/c1-15-5-4-6-19(11-15)26-23(31)14-28-24(32)22(27-25(28)33)13-18-12-16(2)29(17(18)3)20-7-9-21(10-8-20)30(34)35/h4-13H,14H2,1-3H3,(H,26,31)(H,27,33)/b22-13-. The molecule has 0 radical (unpaired) electrons. The summed E-state index contributed by atoms with van der Waals surface area (Å²) in [5, 5.41) is 16.1. The van der Waals surface area contributed by atoms with E-state index in [9.17, 15) is 24.5 Å². The van der Waals surface area contributed by atoms with Crippen molar-refractivity contribution in [3.63, 3.8) is 0 Å². The van der Waals surface area contributed by atoms with E-state index in [2.05, 4.69) is 10.6 Å². The van der Waals surface area contributed by atoms with Crippen LogP contribution in [-0.2, 0) is 9.59 Å². The van der Waals surface area contributed by atoms with Crippen LogP contribution in [0.4, 0.5) is 16.2 Å². The van der Waals surface area contributed by atoms with Crippen molar-refractivity contribution < 1.29 is 19.3 Å². The van der Waals surface area contributed by atoms with Gasteiger partial charge in [-0.25, -0.2) is 9.69 Å². The summed E-state index contributed by atoms with van der Waals surface area (Å²) in [7, 11) is 0. The van der Waals surface area contributed by atoms with Crippen molar-refractivity contribution >= 4 is 35.3 Å². The molecule has 1 aliphatic heterocycles. The Labute approximate surface area is 201 Å². The number of anilines is 1. The van der Waals surface area contributed by atoms with E-state index in [0.29, 0.717) is 11.3 Å². The van der Waals surface area contributed by atoms with E-state index in [0.717, 1.165) is 27.5 Å². The maximum atomic E-state index is 12.9. The van der Waals surface area contributed by atoms with Crippen molar-refractivity contribution in [2.75, 3.05) is 11.9 Å². The highest BCUT2D eigenvalue weighted by Gasteiger charge is 2.35. The number of aryl methyl sites for hydroxylation is 2. The first-order valence-corrected chi connectivity index (χ1v) is 10.8. The second-order valence-electron chi connectivity index (χ2n) is 8.23. The van der Waals surface area contributed by atoms with Crippen molar-refractivity contribution in [1.29, 1.82) is 0 Å². The topological polar surface area (TPSA) is 127 Å². The van der Waals surface area contributed by atoms with Crippen molar-refractivity contribution in [2.24, 2.45) is 0 Å². The number of carbonyl (C=O) groups is 3. The smallest absolute Gasteiger partial charge is 0.325 e. The summed E-state index contributed by atoms with van der Waals surface area (Å²) in [6.45, 7) is 5.18. The third kappa shape index (κ3) is 4.81. The third-order valence-corrected chi connectivity index (χ3v) is 5.65. The number of nitro benzene ring substituents is 1. The van der Waals surface area contributed by atoms with Crippen LogP contribution >= 0.6 is 0 Å². The molecule has 178 valence electrons. The summed E-state index contributed by atoms with van der Waals surface area (Å²) in [5.41, 5.74) is 4.63. The molecule has 2 heterocycles. The second kappa shape index (κ2) is 9.26. The first-order valence-electron chi connectivity index (χ1n) is 10.8. The Morgan fingerprint density at radius 1 is 1.09 bits per heavy atom. The number of benzene rings is 2. The van der Waals surface area contributed by atoms with Crippen molar-refractivity contribution in [3.05, 3.63) is 92.9 Å². The number of nitrogens with one attached hydrogen (secondary N) is 2. The van der Waals surface area contributed by atoms with Gasteiger partial charge in [-0.05, 0) is 68.3 Å². The molecule has 0 spiro atoms. The third-order valence-electron chi connectivity index (χ3n) is 5.65. The number of aromatic nitrogens is 1. The van der Waals surface area contributed by atoms with E-state index in [1.807, 2.05) is 37.5 Å². The lowest BCUT2D eigenvalue weighted by atomic mass is 10.2. The Balaban J connectivity index is 1.53. The zero-order valence-electron chi connectivity index (χ0n) is 19.4. The summed E-state index contributed by atoms with van der Waals surface area (Å²) >= 11 is 0. The van der Waals surface area contributed by atoms with Crippen LogP contribution in [-0.4, -0.2) is 38.8 Å². The van der Waals surface area contributed by atoms with Crippen LogP contribution in [0.3, 0.4) is 0 Å². The molecule has 0 aliphatic carbocycles. The fourth-order valence-corrected chi connectivity index (χ4v) is 3.99. The number of hydrogen-bond donors (Lipinski definition) is 2. The van der Waals surface area contributed by atoms with E-state index in [1.54, 1.807) is 36.4 Å². The molecule has 0 saturated carbocycles. The Bertz CT molecular complexity index is 1390. The van der Waals surface area contributed by atoms with Crippen LogP contribution in [0.25, 0.3) is 11.8 Å². The molecule has 1 aliphatic rings. The predicted octanol–water partition coefficient (Wildman–Crippen LogP) is 3.84. The molecule has 10 heteroatoms. The van der Waals surface area contributed by atoms with Gasteiger partial charge in [-0.3, -0.25) is 19.7 Å². The van der Waals surface area contributed by atoms with Crippen molar-refractivity contribution in [1.82, 2.24) is 14.8 Å². The number of nitrogens with zero attached hydrogens (tertiary/aromatic N) is 3. The molecule has 4 amide bonds. The molecular formula is C25H23N5O5. The highest BCUT2D eigenvalue weighted by Crippen LogP contribution is 2.25. The van der Waals surface area contributed by atoms with Gasteiger partial charge in [0.15, 0.2) is 0 Å². The Morgan fingerprint density at radius 2 is 1.80 bits per heavy atom. The van der Waals surface area contributed by atoms with Crippen molar-refractivity contribution in [2.45, 2.75) is 20.8 Å². The molecule has 0 unspecified atom stereocenters. The zero-order chi connectivity index (χ0) is 25.3. The SMILES string of the molecule is Cc1cccc(NC(=O)CN2C(=O)N/C(=C\c3cc(C)n(-c4ccc([N+](=O)[O-])cc4)c3C)C2=O)c1. The van der Waals surface area contributed by atoms with Gasteiger partial charge in [-0.1, -0.05) is 12.1 Å². The van der Waals surface area contributed by atoms with Gasteiger partial charge in [0, 0.05) is 34.9 Å². The highest BCUT2D eigenvalue weighted by atomic mass is 16.6. The number of hydrogen-bond acceptors (Lipinski definition) is 5. The monoisotopic (exact) mass is 473 g/mol. The Hall–Kier alpha value is -4.73. The first kappa shape index (κ1) is 23.4. The molecule has 3 aromatic rings. The molecule has 1 fully saturated rings. The van der Waals surface area contributed by atoms with Crippen LogP contribution < -0.4 is 10.6 Å². The lowest BCUT2D eigenvalue weighted by Crippen LogP contribution is -2.38. The van der Waals surface area contributed by atoms with E-state index in [-0.39, 0.29) is 11.4 Å². The number of urea groups is 1. The molecule has 4 rings (SSSR count). The molecule has 1 saturated heterocycles. The Morgan fingerprint density at radius 3 is 2.46 bits per heavy atom. The number of carbonyl (C=O) groups excluding carboxylic acids is 3. The first-order chi connectivity index (χ1) is 16.6. The number of amides is 4. The van der Waals surface area contributed by atoms with Gasteiger partial charge in [0.05, 0.1) is 4.92 Å². The average Bonchev–Trinajstić information content (AvgIpc) is 3.23. The zero-order valence-corrected chi connectivity index (χ0v) is 19.4. The number of nitro groups is 1. The quantitative estimate of drug-likeness (QED) is 0.243. The normalized spacial score (nSPS) is 14.4. The molecule has 35 heavy (non-hydrogen) atoms. The summed E-state index contributed by atoms with van der Waals surface area (Å²) < 4.78 is 1.89. The van der Waals surface area contributed by atoms with Crippen LogP contribution in [0.5, 0.6) is 0 Å². The minimum Gasteiger partial charge on any atom is -0.325 e. The Kier molecular flexibility index (Phi) is 6.20. The summed E-state index contributed by atoms with van der Waals surface area (Å²) in [6, 6.07) is 14.5. The van der Waals surface area contributed by atoms with Gasteiger partial charge in [-0.15, -0.1) is 0 Å². The number of non-ortho nitro benzene ring substituents is 1. The van der Waals surface area contributed by atoms with Crippen LogP contribution in [0.1, 0.15) is 22.5 Å². The lowest BCUT2D eigenvalue weighted by Gasteiger charge is -2.12. The molecule has 1 aromatic heterocycles. The van der Waals surface area contributed by atoms with E-state index in [4.69, 9.17) is 0 Å². The minimum atomic E-state index is -0.676. The molecule has 0 bridgehead atoms. The van der Waals surface area contributed by atoms with E-state index < -0.39 is 29.3 Å². The molecule has 2 aromatic carbocycles. The summed E-state index contributed by atoms with van der Waals surface area (Å²) in [5.74, 6) is -1.09. The molecular weight excluding hydrogens is 450 g/mol. The maximum absolute atomic E-state index is 12.9. The fourth-order valence-electron chi connectivity index (χ4n) is 3.99. The van der Waals surface area contributed by atoms with Crippen LogP contribution in [0.15, 0.2) is 60.3 Å². The largest absolute Gasteiger partial charge is 0.329 e. The minimum absolute atomic E-state index is 0.00987. The van der Waals surface area contributed by atoms with Gasteiger partial charge in [0.1, 0.15) is 12.2 Å². The summed E-state index contributed by atoms with van der Waals surface area (Å²) in [6.07, 6.45) is 1.56. The van der Waals surface area contributed by atoms with Crippen LogP contribution in [0, 0.1) is 30.9 Å². The van der Waals surface area contributed by atoms with Gasteiger partial charge in [0.2, 0.25) is 5.91 Å². The molecule has 0 atom stereocenters. The van der Waals surface area contributed by atoms with Gasteiger partial charge >= 0.3 is 6.03 Å². The number of imide groups is 1. The van der Waals surface area contributed by atoms with Gasteiger partial charge in [-0.2, -0.15) is 0 Å². The molecule has 2 N–H and O–H groups in total. The van der Waals surface area contributed by atoms with Crippen LogP contribution in [0.2, 0.25) is 0 Å². The van der Waals surface area contributed by atoms with Gasteiger partial charge in [0.25, 0.3) is 11.6 Å². The maximum Gasteiger partial charge on any atom is 0.329 e. The second-order valence-corrected chi connectivity index (χ2v) is 8.23. The average molecular weight is 473 g/mol. The van der Waals surface area contributed by atoms with Gasteiger partial charge < -0.3 is 15.2 Å².